The lowest BCUT2D eigenvalue weighted by Crippen LogP contribution is -2.50. The van der Waals surface area contributed by atoms with Crippen molar-refractivity contribution in [2.75, 3.05) is 22.9 Å². The Balaban J connectivity index is 2.30. The van der Waals surface area contributed by atoms with Crippen LogP contribution < -0.4 is 15.1 Å². The third kappa shape index (κ3) is 2.83. The molecule has 104 valence electrons. The molecule has 0 aromatic heterocycles. The Kier molecular flexibility index (Phi) is 3.98. The Morgan fingerprint density at radius 2 is 1.74 bits per heavy atom. The summed E-state index contributed by atoms with van der Waals surface area (Å²) in [6.07, 6.45) is 0. The number of benzene rings is 1. The van der Waals surface area contributed by atoms with Gasteiger partial charge < -0.3 is 10.2 Å². The summed E-state index contributed by atoms with van der Waals surface area (Å²) in [6, 6.07) is 8.70. The first-order valence-electron chi connectivity index (χ1n) is 6.94. The SMILES string of the molecule is CC(C)NC(=O)N1CCN(C(C)C)c2ccccc21. The zero-order valence-corrected chi connectivity index (χ0v) is 12.2. The monoisotopic (exact) mass is 261 g/mol. The van der Waals surface area contributed by atoms with Crippen LogP contribution in [0.1, 0.15) is 27.7 Å². The lowest BCUT2D eigenvalue weighted by Gasteiger charge is -2.40. The minimum atomic E-state index is -0.00847. The maximum atomic E-state index is 12.2. The highest BCUT2D eigenvalue weighted by atomic mass is 16.2. The number of para-hydroxylation sites is 2. The Hall–Kier alpha value is -1.71. The van der Waals surface area contributed by atoms with E-state index in [1.54, 1.807) is 0 Å². The normalized spacial score (nSPS) is 14.8. The molecule has 0 saturated heterocycles. The van der Waals surface area contributed by atoms with E-state index in [2.05, 4.69) is 30.1 Å². The van der Waals surface area contributed by atoms with Crippen molar-refractivity contribution in [3.8, 4) is 0 Å². The molecule has 0 unspecified atom stereocenters. The fraction of sp³-hybridized carbons (Fsp3) is 0.533. The number of rotatable bonds is 2. The second-order valence-electron chi connectivity index (χ2n) is 5.53. The third-order valence-corrected chi connectivity index (χ3v) is 3.33. The summed E-state index contributed by atoms with van der Waals surface area (Å²) in [7, 11) is 0. The number of carbonyl (C=O) groups excluding carboxylic acids is 1. The molecule has 1 aromatic rings. The number of carbonyl (C=O) groups is 1. The number of urea groups is 1. The van der Waals surface area contributed by atoms with Gasteiger partial charge in [-0.15, -0.1) is 0 Å². The van der Waals surface area contributed by atoms with Crippen molar-refractivity contribution in [1.82, 2.24) is 5.32 Å². The predicted octanol–water partition coefficient (Wildman–Crippen LogP) is 2.84. The number of nitrogens with one attached hydrogen (secondary N) is 1. The Morgan fingerprint density at radius 1 is 1.11 bits per heavy atom. The van der Waals surface area contributed by atoms with Crippen LogP contribution in [0.15, 0.2) is 24.3 Å². The van der Waals surface area contributed by atoms with Crippen LogP contribution in [0.25, 0.3) is 0 Å². The van der Waals surface area contributed by atoms with Gasteiger partial charge in [-0.2, -0.15) is 0 Å². The van der Waals surface area contributed by atoms with Crippen LogP contribution in [-0.2, 0) is 0 Å². The van der Waals surface area contributed by atoms with Gasteiger partial charge in [-0.25, -0.2) is 4.79 Å². The van der Waals surface area contributed by atoms with Crippen molar-refractivity contribution >= 4 is 17.4 Å². The average Bonchev–Trinajstić information content (AvgIpc) is 2.36. The van der Waals surface area contributed by atoms with E-state index in [1.165, 1.54) is 0 Å². The molecule has 1 aliphatic heterocycles. The third-order valence-electron chi connectivity index (χ3n) is 3.33. The van der Waals surface area contributed by atoms with Crippen molar-refractivity contribution in [3.63, 3.8) is 0 Å². The molecular formula is C15H23N3O. The van der Waals surface area contributed by atoms with Crippen LogP contribution in [0.5, 0.6) is 0 Å². The molecular weight excluding hydrogens is 238 g/mol. The molecule has 1 N–H and O–H groups in total. The molecule has 4 heteroatoms. The summed E-state index contributed by atoms with van der Waals surface area (Å²) >= 11 is 0. The van der Waals surface area contributed by atoms with E-state index < -0.39 is 0 Å². The zero-order chi connectivity index (χ0) is 14.0. The van der Waals surface area contributed by atoms with Gasteiger partial charge in [0.05, 0.1) is 11.4 Å². The Labute approximate surface area is 115 Å². The Bertz CT molecular complexity index is 456. The maximum Gasteiger partial charge on any atom is 0.322 e. The van der Waals surface area contributed by atoms with Gasteiger partial charge in [0.1, 0.15) is 0 Å². The second kappa shape index (κ2) is 5.51. The molecule has 1 aliphatic rings. The van der Waals surface area contributed by atoms with Crippen molar-refractivity contribution in [1.29, 1.82) is 0 Å². The first kappa shape index (κ1) is 13.7. The molecule has 19 heavy (non-hydrogen) atoms. The van der Waals surface area contributed by atoms with Crippen LogP contribution in [0.2, 0.25) is 0 Å². The summed E-state index contributed by atoms with van der Waals surface area (Å²) < 4.78 is 0. The van der Waals surface area contributed by atoms with E-state index in [0.717, 1.165) is 24.5 Å². The standard InChI is InChI=1S/C15H23N3O/c1-11(2)16-15(19)18-10-9-17(12(3)4)13-7-5-6-8-14(13)18/h5-8,11-12H,9-10H2,1-4H3,(H,16,19). The number of hydrogen-bond acceptors (Lipinski definition) is 2. The van der Waals surface area contributed by atoms with Crippen LogP contribution in [0.4, 0.5) is 16.2 Å². The van der Waals surface area contributed by atoms with Gasteiger partial charge in [0.2, 0.25) is 0 Å². The smallest absolute Gasteiger partial charge is 0.322 e. The van der Waals surface area contributed by atoms with Gasteiger partial charge in [0.25, 0.3) is 0 Å². The van der Waals surface area contributed by atoms with Crippen molar-refractivity contribution in [2.24, 2.45) is 0 Å². The van der Waals surface area contributed by atoms with E-state index in [9.17, 15) is 4.79 Å². The minimum absolute atomic E-state index is 0.00847. The molecule has 1 aromatic carbocycles. The Morgan fingerprint density at radius 3 is 2.32 bits per heavy atom. The number of fused-ring (bicyclic) bond motifs is 1. The van der Waals surface area contributed by atoms with Gasteiger partial charge in [-0.1, -0.05) is 12.1 Å². The van der Waals surface area contributed by atoms with Gasteiger partial charge >= 0.3 is 6.03 Å². The van der Waals surface area contributed by atoms with E-state index in [-0.39, 0.29) is 12.1 Å². The van der Waals surface area contributed by atoms with Crippen LogP contribution in [-0.4, -0.2) is 31.2 Å². The minimum Gasteiger partial charge on any atom is -0.366 e. The lowest BCUT2D eigenvalue weighted by atomic mass is 10.1. The summed E-state index contributed by atoms with van der Waals surface area (Å²) in [5.74, 6) is 0. The van der Waals surface area contributed by atoms with Gasteiger partial charge in [0, 0.05) is 25.2 Å². The van der Waals surface area contributed by atoms with Gasteiger partial charge in [0.15, 0.2) is 0 Å². The zero-order valence-electron chi connectivity index (χ0n) is 12.2. The molecule has 0 atom stereocenters. The number of anilines is 2. The van der Waals surface area contributed by atoms with E-state index >= 15 is 0 Å². The highest BCUT2D eigenvalue weighted by molar-refractivity contribution is 5.97. The molecule has 0 aliphatic carbocycles. The molecule has 0 spiro atoms. The average molecular weight is 261 g/mol. The maximum absolute atomic E-state index is 12.2. The van der Waals surface area contributed by atoms with E-state index in [1.807, 2.05) is 36.9 Å². The van der Waals surface area contributed by atoms with Gasteiger partial charge in [-0.05, 0) is 39.8 Å². The van der Waals surface area contributed by atoms with Crippen LogP contribution >= 0.6 is 0 Å². The molecule has 4 nitrogen and oxygen atoms in total. The second-order valence-corrected chi connectivity index (χ2v) is 5.53. The number of amides is 2. The molecule has 0 radical (unpaired) electrons. The molecule has 0 saturated carbocycles. The van der Waals surface area contributed by atoms with Crippen molar-refractivity contribution in [3.05, 3.63) is 24.3 Å². The summed E-state index contributed by atoms with van der Waals surface area (Å²) in [6.45, 7) is 9.93. The first-order chi connectivity index (χ1) is 9.00. The summed E-state index contributed by atoms with van der Waals surface area (Å²) in [4.78, 5) is 16.4. The molecule has 2 rings (SSSR count). The first-order valence-corrected chi connectivity index (χ1v) is 6.94. The summed E-state index contributed by atoms with van der Waals surface area (Å²) in [5, 5.41) is 2.97. The predicted molar refractivity (Wildman–Crippen MR) is 79.9 cm³/mol. The fourth-order valence-corrected chi connectivity index (χ4v) is 2.46. The lowest BCUT2D eigenvalue weighted by molar-refractivity contribution is 0.244. The number of nitrogens with zero attached hydrogens (tertiary/aromatic N) is 2. The molecule has 1 heterocycles. The molecule has 2 amide bonds. The van der Waals surface area contributed by atoms with Gasteiger partial charge in [-0.3, -0.25) is 4.90 Å². The quantitative estimate of drug-likeness (QED) is 0.888. The largest absolute Gasteiger partial charge is 0.366 e. The highest BCUT2D eigenvalue weighted by Crippen LogP contribution is 2.33. The number of hydrogen-bond donors (Lipinski definition) is 1. The van der Waals surface area contributed by atoms with E-state index in [0.29, 0.717) is 6.04 Å². The fourth-order valence-electron chi connectivity index (χ4n) is 2.46. The molecule has 0 bridgehead atoms. The highest BCUT2D eigenvalue weighted by Gasteiger charge is 2.27. The van der Waals surface area contributed by atoms with Crippen LogP contribution in [0.3, 0.4) is 0 Å². The summed E-state index contributed by atoms with van der Waals surface area (Å²) in [5.41, 5.74) is 2.14. The van der Waals surface area contributed by atoms with Crippen molar-refractivity contribution < 1.29 is 4.79 Å². The molecule has 0 fully saturated rings. The topological polar surface area (TPSA) is 35.6 Å². The van der Waals surface area contributed by atoms with Crippen LogP contribution in [0, 0.1) is 0 Å². The van der Waals surface area contributed by atoms with Crippen molar-refractivity contribution in [2.45, 2.75) is 39.8 Å². The van der Waals surface area contributed by atoms with E-state index in [4.69, 9.17) is 0 Å².